The van der Waals surface area contributed by atoms with Crippen molar-refractivity contribution >= 4 is 25.7 Å². The molecule has 0 aromatic carbocycles. The van der Waals surface area contributed by atoms with Crippen LogP contribution in [0, 0.1) is 0 Å². The Morgan fingerprint density at radius 3 is 1.17 bits per heavy atom. The van der Waals surface area contributed by atoms with Crippen molar-refractivity contribution in [2.45, 2.75) is 238 Å². The summed E-state index contributed by atoms with van der Waals surface area (Å²) in [7, 11) is -4.76. The van der Waals surface area contributed by atoms with Crippen LogP contribution in [0.15, 0.2) is 85.1 Å². The molecule has 0 aliphatic heterocycles. The number of aliphatic hydroxyl groups is 1. The van der Waals surface area contributed by atoms with E-state index in [9.17, 15) is 28.9 Å². The molecule has 0 saturated heterocycles. The van der Waals surface area contributed by atoms with Crippen LogP contribution in [-0.4, -0.2) is 66.5 Å². The van der Waals surface area contributed by atoms with Crippen molar-refractivity contribution < 1.29 is 52.2 Å². The van der Waals surface area contributed by atoms with Crippen LogP contribution in [0.2, 0.25) is 0 Å². The number of carbonyl (C=O) groups is 3. The first kappa shape index (κ1) is 66.7. The molecule has 0 bridgehead atoms. The molecule has 2 N–H and O–H groups in total. The predicted octanol–water partition coefficient (Wildman–Crippen LogP) is 15.9. The third kappa shape index (κ3) is 49.6. The fraction of sp³-hybridized carbons (Fsp3) is 0.707. The monoisotopic (exact) mass is 1000 g/mol. The molecule has 0 saturated carbocycles. The lowest BCUT2D eigenvalue weighted by atomic mass is 10.1. The Labute approximate surface area is 426 Å². The minimum absolute atomic E-state index is 0.145. The standard InChI is InChI=1S/C58H99O11P/c1-4-7-10-13-16-19-22-24-26-27-29-31-34-37-40-43-46-49-58(62)69-55(51-65-56(60)47-44-41-38-35-33-30-28-25-23-20-17-14-11-8-5-2)53-67-70(63,64)66-52-54(50-59)68-57(61)48-45-42-39-36-32-21-18-15-12-9-6-3/h7-8,10-11,16-17,19-20,24-26,28,33,35,54-55,59H,4-6,9,12-15,18,21-23,27,29-32,34,36-53H2,1-3H3,(H,63,64)/b10-7-,11-8-,19-16-,20-17-,26-24-,28-25-,35-33-. The van der Waals surface area contributed by atoms with Crippen LogP contribution < -0.4 is 0 Å². The summed E-state index contributed by atoms with van der Waals surface area (Å²) < 4.78 is 39.4. The maximum Gasteiger partial charge on any atom is 0.472 e. The van der Waals surface area contributed by atoms with Crippen molar-refractivity contribution in [3.63, 3.8) is 0 Å². The number of aliphatic hydroxyl groups excluding tert-OH is 1. The van der Waals surface area contributed by atoms with Gasteiger partial charge in [-0.25, -0.2) is 4.57 Å². The zero-order valence-electron chi connectivity index (χ0n) is 44.2. The molecule has 0 heterocycles. The number of hydrogen-bond acceptors (Lipinski definition) is 10. The first-order valence-corrected chi connectivity index (χ1v) is 29.0. The summed E-state index contributed by atoms with van der Waals surface area (Å²) in [4.78, 5) is 48.4. The van der Waals surface area contributed by atoms with Crippen LogP contribution in [0.25, 0.3) is 0 Å². The van der Waals surface area contributed by atoms with Gasteiger partial charge in [0.1, 0.15) is 12.7 Å². The van der Waals surface area contributed by atoms with Crippen LogP contribution in [-0.2, 0) is 42.2 Å². The predicted molar refractivity (Wildman–Crippen MR) is 288 cm³/mol. The fourth-order valence-electron chi connectivity index (χ4n) is 7.18. The van der Waals surface area contributed by atoms with Crippen LogP contribution in [0.4, 0.5) is 0 Å². The second-order valence-corrected chi connectivity index (χ2v) is 19.4. The Balaban J connectivity index is 4.81. The van der Waals surface area contributed by atoms with Crippen molar-refractivity contribution in [2.75, 3.05) is 26.4 Å². The lowest BCUT2D eigenvalue weighted by molar-refractivity contribution is -0.161. The largest absolute Gasteiger partial charge is 0.472 e. The lowest BCUT2D eigenvalue weighted by Crippen LogP contribution is -2.30. The highest BCUT2D eigenvalue weighted by Gasteiger charge is 2.28. The summed E-state index contributed by atoms with van der Waals surface area (Å²) in [5.74, 6) is -1.53. The van der Waals surface area contributed by atoms with E-state index < -0.39 is 57.8 Å². The van der Waals surface area contributed by atoms with Gasteiger partial charge in [-0.3, -0.25) is 23.4 Å². The van der Waals surface area contributed by atoms with Crippen molar-refractivity contribution in [1.29, 1.82) is 0 Å². The molecule has 0 aliphatic rings. The maximum absolute atomic E-state index is 12.9. The van der Waals surface area contributed by atoms with E-state index >= 15 is 0 Å². The van der Waals surface area contributed by atoms with Gasteiger partial charge < -0.3 is 24.2 Å². The zero-order chi connectivity index (χ0) is 51.3. The second-order valence-electron chi connectivity index (χ2n) is 18.0. The Bertz CT molecular complexity index is 1500. The average molecular weight is 1000 g/mol. The van der Waals surface area contributed by atoms with E-state index in [0.29, 0.717) is 19.3 Å². The number of unbranched alkanes of at least 4 members (excludes halogenated alkanes) is 19. The molecule has 0 aromatic heterocycles. The molecule has 70 heavy (non-hydrogen) atoms. The molecule has 12 heteroatoms. The summed E-state index contributed by atoms with van der Waals surface area (Å²) in [6, 6.07) is 0. The van der Waals surface area contributed by atoms with Crippen LogP contribution >= 0.6 is 7.82 Å². The van der Waals surface area contributed by atoms with Gasteiger partial charge in [0.05, 0.1) is 19.8 Å². The number of rotatable bonds is 50. The number of ether oxygens (including phenoxy) is 3. The molecule has 3 atom stereocenters. The third-order valence-electron chi connectivity index (χ3n) is 11.3. The summed E-state index contributed by atoms with van der Waals surface area (Å²) in [6.07, 6.45) is 58.3. The lowest BCUT2D eigenvalue weighted by Gasteiger charge is -2.21. The van der Waals surface area contributed by atoms with Crippen molar-refractivity contribution in [3.8, 4) is 0 Å². The van der Waals surface area contributed by atoms with E-state index in [4.69, 9.17) is 23.3 Å². The SMILES string of the molecule is CC/C=C\C/C=C\C/C=C\C/C=C\CCCCC(=O)OCC(COP(=O)(O)OCC(CO)OC(=O)CCCCCCCCCCCCC)OC(=O)CCCCCCCCC/C=C\C/C=C\C/C=C\CC. The molecule has 0 aromatic rings. The number of phosphoric ester groups is 1. The van der Waals surface area contributed by atoms with Gasteiger partial charge in [0, 0.05) is 19.3 Å². The molecule has 0 radical (unpaired) electrons. The van der Waals surface area contributed by atoms with E-state index in [1.165, 1.54) is 51.4 Å². The van der Waals surface area contributed by atoms with Crippen LogP contribution in [0.3, 0.4) is 0 Å². The fourth-order valence-corrected chi connectivity index (χ4v) is 7.97. The topological polar surface area (TPSA) is 155 Å². The summed E-state index contributed by atoms with van der Waals surface area (Å²) in [6.45, 7) is 4.35. The number of carbonyl (C=O) groups excluding carboxylic acids is 3. The van der Waals surface area contributed by atoms with E-state index in [-0.39, 0.29) is 25.9 Å². The molecule has 0 spiro atoms. The zero-order valence-corrected chi connectivity index (χ0v) is 45.1. The Kier molecular flexibility index (Phi) is 49.5. The van der Waals surface area contributed by atoms with Gasteiger partial charge in [0.2, 0.25) is 0 Å². The molecule has 0 fully saturated rings. The molecule has 0 rings (SSSR count). The first-order valence-electron chi connectivity index (χ1n) is 27.5. The van der Waals surface area contributed by atoms with Gasteiger partial charge in [-0.1, -0.05) is 202 Å². The van der Waals surface area contributed by atoms with Gasteiger partial charge in [-0.05, 0) is 89.9 Å². The highest BCUT2D eigenvalue weighted by molar-refractivity contribution is 7.47. The van der Waals surface area contributed by atoms with Crippen molar-refractivity contribution in [1.82, 2.24) is 0 Å². The summed E-state index contributed by atoms with van der Waals surface area (Å²) in [5.41, 5.74) is 0. The van der Waals surface area contributed by atoms with Gasteiger partial charge in [-0.2, -0.15) is 0 Å². The van der Waals surface area contributed by atoms with E-state index in [0.717, 1.165) is 116 Å². The molecular formula is C58H99O11P. The average Bonchev–Trinajstić information content (AvgIpc) is 3.35. The third-order valence-corrected chi connectivity index (χ3v) is 12.3. The smallest absolute Gasteiger partial charge is 0.462 e. The molecule has 402 valence electrons. The van der Waals surface area contributed by atoms with E-state index in [1.807, 2.05) is 0 Å². The van der Waals surface area contributed by atoms with Crippen LogP contribution in [0.5, 0.6) is 0 Å². The Morgan fingerprint density at radius 2 is 0.743 bits per heavy atom. The Hall–Kier alpha value is -3.34. The molecular weight excluding hydrogens is 904 g/mol. The Morgan fingerprint density at radius 1 is 0.414 bits per heavy atom. The van der Waals surface area contributed by atoms with Gasteiger partial charge in [0.25, 0.3) is 0 Å². The maximum atomic E-state index is 12.9. The van der Waals surface area contributed by atoms with Gasteiger partial charge in [-0.15, -0.1) is 0 Å². The highest BCUT2D eigenvalue weighted by Crippen LogP contribution is 2.43. The summed E-state index contributed by atoms with van der Waals surface area (Å²) in [5, 5.41) is 9.78. The molecule has 0 amide bonds. The summed E-state index contributed by atoms with van der Waals surface area (Å²) >= 11 is 0. The van der Waals surface area contributed by atoms with Crippen molar-refractivity contribution in [2.24, 2.45) is 0 Å². The number of allylic oxidation sites excluding steroid dienone is 14. The van der Waals surface area contributed by atoms with E-state index in [2.05, 4.69) is 106 Å². The first-order chi connectivity index (χ1) is 34.2. The number of esters is 3. The molecule has 11 nitrogen and oxygen atoms in total. The van der Waals surface area contributed by atoms with Crippen molar-refractivity contribution in [3.05, 3.63) is 85.1 Å². The quantitative estimate of drug-likeness (QED) is 0.0197. The molecule has 3 unspecified atom stereocenters. The highest BCUT2D eigenvalue weighted by atomic mass is 31.2. The minimum atomic E-state index is -4.76. The second kappa shape index (κ2) is 52.0. The number of hydrogen-bond donors (Lipinski definition) is 2. The number of phosphoric acid groups is 1. The molecule has 0 aliphatic carbocycles. The normalized spacial score (nSPS) is 14.1. The van der Waals surface area contributed by atoms with Gasteiger partial charge >= 0.3 is 25.7 Å². The van der Waals surface area contributed by atoms with Crippen LogP contribution in [0.1, 0.15) is 226 Å². The van der Waals surface area contributed by atoms with Gasteiger partial charge in [0.15, 0.2) is 6.10 Å². The van der Waals surface area contributed by atoms with E-state index in [1.54, 1.807) is 0 Å². The minimum Gasteiger partial charge on any atom is -0.462 e.